The molecule has 4 rings (SSSR count). The van der Waals surface area contributed by atoms with E-state index >= 15 is 0 Å². The van der Waals surface area contributed by atoms with E-state index < -0.39 is 5.91 Å². The summed E-state index contributed by atoms with van der Waals surface area (Å²) in [7, 11) is 0. The van der Waals surface area contributed by atoms with Crippen LogP contribution in [0.2, 0.25) is 0 Å². The molecule has 1 aliphatic heterocycles. The van der Waals surface area contributed by atoms with Crippen LogP contribution in [0, 0.1) is 0 Å². The van der Waals surface area contributed by atoms with Gasteiger partial charge in [0.05, 0.1) is 17.7 Å². The van der Waals surface area contributed by atoms with Gasteiger partial charge in [-0.2, -0.15) is 0 Å². The van der Waals surface area contributed by atoms with Gasteiger partial charge in [0.25, 0.3) is 5.91 Å². The molecule has 1 saturated heterocycles. The Morgan fingerprint density at radius 2 is 1.97 bits per heavy atom. The lowest BCUT2D eigenvalue weighted by Crippen LogP contribution is -2.27. The number of hydrogen-bond donors (Lipinski definition) is 1. The number of likely N-dealkylation sites (tertiary alicyclic amines) is 1. The second kappa shape index (κ2) is 8.84. The largest absolute Gasteiger partial charge is 0.493 e. The summed E-state index contributed by atoms with van der Waals surface area (Å²) >= 11 is 3.48. The first-order chi connectivity index (χ1) is 14.1. The Kier molecular flexibility index (Phi) is 6.01. The van der Waals surface area contributed by atoms with Gasteiger partial charge in [-0.15, -0.1) is 10.2 Å². The summed E-state index contributed by atoms with van der Waals surface area (Å²) in [6.45, 7) is 2.59. The second-order valence-electron chi connectivity index (χ2n) is 7.18. The van der Waals surface area contributed by atoms with Crippen molar-refractivity contribution in [2.24, 2.45) is 10.2 Å². The summed E-state index contributed by atoms with van der Waals surface area (Å²) in [6.07, 6.45) is 7.86. The smallest absolute Gasteiger partial charge is 0.296 e. The minimum Gasteiger partial charge on any atom is -0.493 e. The van der Waals surface area contributed by atoms with Crippen molar-refractivity contribution in [1.29, 1.82) is 0 Å². The van der Waals surface area contributed by atoms with Crippen LogP contribution in [0.1, 0.15) is 36.0 Å². The lowest BCUT2D eigenvalue weighted by atomic mass is 10.2. The molecular weight excluding hydrogens is 434 g/mol. The molecule has 0 atom stereocenters. The molecule has 3 aromatic rings. The van der Waals surface area contributed by atoms with Crippen LogP contribution in [0.25, 0.3) is 10.9 Å². The zero-order chi connectivity index (χ0) is 20.2. The number of halogens is 1. The van der Waals surface area contributed by atoms with Gasteiger partial charge in [0.15, 0.2) is 5.69 Å². The maximum absolute atomic E-state index is 12.3. The fourth-order valence-electron chi connectivity index (χ4n) is 3.66. The zero-order valence-corrected chi connectivity index (χ0v) is 17.5. The number of carbonyl (C=O) groups excluding carboxylic acids is 1. The summed E-state index contributed by atoms with van der Waals surface area (Å²) in [4.78, 5) is 18.6. The number of carbonyl (C=O) groups is 1. The summed E-state index contributed by atoms with van der Waals surface area (Å²) in [5, 5.41) is 19.6. The highest BCUT2D eigenvalue weighted by molar-refractivity contribution is 9.10. The van der Waals surface area contributed by atoms with Crippen molar-refractivity contribution in [1.82, 2.24) is 14.5 Å². The number of hydrogen-bond acceptors (Lipinski definition) is 5. The van der Waals surface area contributed by atoms with Gasteiger partial charge in [-0.05, 0) is 56.3 Å². The van der Waals surface area contributed by atoms with Crippen LogP contribution in [0.15, 0.2) is 57.4 Å². The molecule has 2 aromatic heterocycles. The zero-order valence-electron chi connectivity index (χ0n) is 16.0. The van der Waals surface area contributed by atoms with Crippen molar-refractivity contribution in [3.8, 4) is 5.88 Å². The molecule has 1 aliphatic rings. The topological polar surface area (TPSA) is 83.1 Å². The van der Waals surface area contributed by atoms with Crippen LogP contribution in [-0.4, -0.2) is 38.6 Å². The normalized spacial score (nSPS) is 15.8. The Morgan fingerprint density at radius 1 is 1.17 bits per heavy atom. The number of pyridine rings is 1. The molecule has 3 heterocycles. The molecule has 1 fully saturated rings. The number of fused-ring (bicyclic) bond motifs is 1. The average molecular weight is 456 g/mol. The SMILES string of the molecule is O=C(N=Nc1c(O)n(CN2CCCCCC2)c2ccc(Br)cc12)c1cccnc1. The van der Waals surface area contributed by atoms with Gasteiger partial charge < -0.3 is 5.11 Å². The van der Waals surface area contributed by atoms with E-state index in [-0.39, 0.29) is 5.88 Å². The van der Waals surface area contributed by atoms with Crippen LogP contribution in [0.5, 0.6) is 5.88 Å². The maximum atomic E-state index is 12.3. The Hall–Kier alpha value is -2.58. The highest BCUT2D eigenvalue weighted by atomic mass is 79.9. The van der Waals surface area contributed by atoms with Gasteiger partial charge >= 0.3 is 0 Å². The van der Waals surface area contributed by atoms with Crippen LogP contribution < -0.4 is 0 Å². The minimum absolute atomic E-state index is 0.0186. The van der Waals surface area contributed by atoms with Gasteiger partial charge in [-0.3, -0.25) is 19.2 Å². The third-order valence-electron chi connectivity index (χ3n) is 5.16. The van der Waals surface area contributed by atoms with Crippen molar-refractivity contribution in [3.05, 3.63) is 52.8 Å². The molecule has 0 saturated carbocycles. The number of nitrogens with zero attached hydrogens (tertiary/aromatic N) is 5. The highest BCUT2D eigenvalue weighted by Crippen LogP contribution is 2.40. The Morgan fingerprint density at radius 3 is 2.69 bits per heavy atom. The summed E-state index contributed by atoms with van der Waals surface area (Å²) < 4.78 is 2.71. The van der Waals surface area contributed by atoms with Gasteiger partial charge in [0.1, 0.15) is 0 Å². The number of azo groups is 1. The van der Waals surface area contributed by atoms with E-state index in [9.17, 15) is 9.90 Å². The lowest BCUT2D eigenvalue weighted by Gasteiger charge is -2.21. The van der Waals surface area contributed by atoms with Gasteiger partial charge in [-0.25, -0.2) is 0 Å². The van der Waals surface area contributed by atoms with E-state index in [1.54, 1.807) is 18.3 Å². The van der Waals surface area contributed by atoms with Crippen molar-refractivity contribution < 1.29 is 9.90 Å². The molecule has 1 N–H and O–H groups in total. The Labute approximate surface area is 177 Å². The van der Waals surface area contributed by atoms with Crippen molar-refractivity contribution in [2.75, 3.05) is 13.1 Å². The molecule has 1 aromatic carbocycles. The van der Waals surface area contributed by atoms with E-state index in [1.165, 1.54) is 19.0 Å². The average Bonchev–Trinajstić information content (AvgIpc) is 2.90. The Balaban J connectivity index is 1.69. The van der Waals surface area contributed by atoms with E-state index in [0.717, 1.165) is 41.3 Å². The van der Waals surface area contributed by atoms with E-state index in [2.05, 4.69) is 36.0 Å². The molecule has 0 radical (unpaired) electrons. The van der Waals surface area contributed by atoms with Crippen LogP contribution >= 0.6 is 15.9 Å². The number of aromatic hydroxyl groups is 1. The summed E-state index contributed by atoms with van der Waals surface area (Å²) in [6, 6.07) is 9.07. The maximum Gasteiger partial charge on any atom is 0.296 e. The minimum atomic E-state index is -0.499. The standard InChI is InChI=1S/C21H22BrN5O2/c22-16-7-8-18-17(12-16)19(24-25-20(28)15-6-5-9-23-13-15)21(29)27(18)14-26-10-3-1-2-4-11-26/h5-9,12-13,29H,1-4,10-11,14H2. The summed E-state index contributed by atoms with van der Waals surface area (Å²) in [5.74, 6) is -0.481. The number of benzene rings is 1. The molecule has 7 nitrogen and oxygen atoms in total. The van der Waals surface area contributed by atoms with Gasteiger partial charge in [0.2, 0.25) is 5.88 Å². The number of rotatable bonds is 4. The molecule has 0 bridgehead atoms. The second-order valence-corrected chi connectivity index (χ2v) is 8.10. The van der Waals surface area contributed by atoms with Gasteiger partial charge in [-0.1, -0.05) is 28.8 Å². The van der Waals surface area contributed by atoms with Crippen molar-refractivity contribution >= 4 is 38.4 Å². The van der Waals surface area contributed by atoms with E-state index in [0.29, 0.717) is 17.9 Å². The quantitative estimate of drug-likeness (QED) is 0.543. The van der Waals surface area contributed by atoms with Crippen LogP contribution in [0.4, 0.5) is 5.69 Å². The van der Waals surface area contributed by atoms with Crippen molar-refractivity contribution in [2.45, 2.75) is 32.4 Å². The van der Waals surface area contributed by atoms with E-state index in [4.69, 9.17) is 0 Å². The molecule has 29 heavy (non-hydrogen) atoms. The Bertz CT molecular complexity index is 1040. The van der Waals surface area contributed by atoms with Crippen LogP contribution in [0.3, 0.4) is 0 Å². The molecule has 0 aliphatic carbocycles. The molecule has 8 heteroatoms. The first-order valence-corrected chi connectivity index (χ1v) is 10.5. The monoisotopic (exact) mass is 455 g/mol. The highest BCUT2D eigenvalue weighted by Gasteiger charge is 2.20. The van der Waals surface area contributed by atoms with Crippen LogP contribution in [-0.2, 0) is 6.67 Å². The van der Waals surface area contributed by atoms with Crippen molar-refractivity contribution in [3.63, 3.8) is 0 Å². The lowest BCUT2D eigenvalue weighted by molar-refractivity contribution is 0.0994. The van der Waals surface area contributed by atoms with Gasteiger partial charge in [0, 0.05) is 22.3 Å². The fourth-order valence-corrected chi connectivity index (χ4v) is 4.02. The predicted molar refractivity (Wildman–Crippen MR) is 114 cm³/mol. The molecule has 1 amide bonds. The third-order valence-corrected chi connectivity index (χ3v) is 5.65. The fraction of sp³-hybridized carbons (Fsp3) is 0.333. The predicted octanol–water partition coefficient (Wildman–Crippen LogP) is 5.26. The first kappa shape index (κ1) is 19.7. The molecule has 150 valence electrons. The summed E-state index contributed by atoms with van der Waals surface area (Å²) in [5.41, 5.74) is 1.51. The third kappa shape index (κ3) is 4.38. The molecular formula is C21H22BrN5O2. The van der Waals surface area contributed by atoms with E-state index in [1.807, 2.05) is 22.8 Å². The molecule has 0 spiro atoms. The molecule has 0 unspecified atom stereocenters. The number of amides is 1. The number of aromatic nitrogens is 2. The first-order valence-electron chi connectivity index (χ1n) is 9.72.